The summed E-state index contributed by atoms with van der Waals surface area (Å²) in [5.41, 5.74) is 0. The van der Waals surface area contributed by atoms with Gasteiger partial charge in [-0.25, -0.2) is 0 Å². The second-order valence-corrected chi connectivity index (χ2v) is 4.04. The first-order valence-corrected chi connectivity index (χ1v) is 6.03. The first-order valence-electron chi connectivity index (χ1n) is 6.03. The molecule has 0 aliphatic heterocycles. The molecule has 2 aromatic heterocycles. The smallest absolute Gasteiger partial charge is 0.320 e. The molecule has 0 saturated carbocycles. The van der Waals surface area contributed by atoms with Gasteiger partial charge in [0.15, 0.2) is 5.76 Å². The Labute approximate surface area is 109 Å². The minimum Gasteiger partial charge on any atom is -0.480 e. The fraction of sp³-hybridized carbons (Fsp3) is 0.417. The maximum Gasteiger partial charge on any atom is 0.320 e. The summed E-state index contributed by atoms with van der Waals surface area (Å²) in [5.74, 6) is 0.215. The Morgan fingerprint density at radius 1 is 1.53 bits per heavy atom. The van der Waals surface area contributed by atoms with E-state index in [9.17, 15) is 4.79 Å². The van der Waals surface area contributed by atoms with Crippen LogP contribution in [0.4, 0.5) is 0 Å². The van der Waals surface area contributed by atoms with E-state index in [2.05, 4.69) is 15.5 Å². The van der Waals surface area contributed by atoms with E-state index >= 15 is 0 Å². The van der Waals surface area contributed by atoms with Crippen molar-refractivity contribution in [2.45, 2.75) is 32.4 Å². The van der Waals surface area contributed by atoms with Crippen LogP contribution in [0.15, 0.2) is 27.2 Å². The molecule has 102 valence electrons. The number of hydrogen-bond acceptors (Lipinski definition) is 6. The highest BCUT2D eigenvalue weighted by Gasteiger charge is 2.17. The van der Waals surface area contributed by atoms with Crippen LogP contribution in [0.3, 0.4) is 0 Å². The van der Waals surface area contributed by atoms with Gasteiger partial charge >= 0.3 is 5.97 Å². The molecule has 0 radical (unpaired) electrons. The highest BCUT2D eigenvalue weighted by atomic mass is 16.4. The second-order valence-electron chi connectivity index (χ2n) is 4.04. The zero-order valence-corrected chi connectivity index (χ0v) is 10.5. The Bertz CT molecular complexity index is 521. The molecule has 19 heavy (non-hydrogen) atoms. The Balaban J connectivity index is 1.95. The number of rotatable bonds is 7. The first-order chi connectivity index (χ1) is 9.20. The Hall–Kier alpha value is -2.15. The molecule has 7 heteroatoms. The molecule has 2 rings (SSSR count). The molecule has 1 unspecified atom stereocenters. The van der Waals surface area contributed by atoms with Gasteiger partial charge in [-0.3, -0.25) is 10.1 Å². The summed E-state index contributed by atoms with van der Waals surface area (Å²) in [6.45, 7) is 2.14. The highest BCUT2D eigenvalue weighted by molar-refractivity contribution is 5.73. The van der Waals surface area contributed by atoms with E-state index in [1.54, 1.807) is 12.1 Å². The second kappa shape index (κ2) is 6.14. The molecule has 0 aliphatic carbocycles. The number of furan rings is 1. The monoisotopic (exact) mass is 265 g/mol. The van der Waals surface area contributed by atoms with Gasteiger partial charge in [-0.2, -0.15) is 0 Å². The topological polar surface area (TPSA) is 101 Å². The third kappa shape index (κ3) is 3.41. The molecule has 0 saturated heterocycles. The van der Waals surface area contributed by atoms with Crippen molar-refractivity contribution >= 4 is 5.97 Å². The van der Waals surface area contributed by atoms with Crippen molar-refractivity contribution in [2.75, 3.05) is 0 Å². The van der Waals surface area contributed by atoms with Crippen LogP contribution >= 0.6 is 0 Å². The van der Waals surface area contributed by atoms with E-state index in [4.69, 9.17) is 13.9 Å². The average molecular weight is 265 g/mol. The molecule has 1 atom stereocenters. The number of nitrogens with one attached hydrogen (secondary N) is 1. The van der Waals surface area contributed by atoms with Crippen molar-refractivity contribution < 1.29 is 18.7 Å². The molecule has 0 fully saturated rings. The van der Waals surface area contributed by atoms with E-state index in [1.165, 1.54) is 6.26 Å². The normalized spacial score (nSPS) is 12.5. The molecular formula is C12H15N3O4. The zero-order chi connectivity index (χ0) is 13.7. The lowest BCUT2D eigenvalue weighted by molar-refractivity contribution is -0.139. The fourth-order valence-corrected chi connectivity index (χ4v) is 1.64. The number of nitrogens with zero attached hydrogens (tertiary/aromatic N) is 2. The lowest BCUT2D eigenvalue weighted by Crippen LogP contribution is -2.36. The van der Waals surface area contributed by atoms with E-state index in [0.29, 0.717) is 18.1 Å². The van der Waals surface area contributed by atoms with Gasteiger partial charge < -0.3 is 13.9 Å². The third-order valence-electron chi connectivity index (χ3n) is 2.57. The highest BCUT2D eigenvalue weighted by Crippen LogP contribution is 2.17. The summed E-state index contributed by atoms with van der Waals surface area (Å²) < 4.78 is 10.5. The molecule has 0 aliphatic rings. The lowest BCUT2D eigenvalue weighted by Gasteiger charge is -2.11. The van der Waals surface area contributed by atoms with Gasteiger partial charge in [0, 0.05) is 0 Å². The van der Waals surface area contributed by atoms with E-state index in [-0.39, 0.29) is 12.4 Å². The van der Waals surface area contributed by atoms with Crippen LogP contribution < -0.4 is 5.32 Å². The molecular weight excluding hydrogens is 250 g/mol. The maximum absolute atomic E-state index is 11.0. The summed E-state index contributed by atoms with van der Waals surface area (Å²) in [4.78, 5) is 11.0. The largest absolute Gasteiger partial charge is 0.480 e. The van der Waals surface area contributed by atoms with Crippen molar-refractivity contribution in [1.82, 2.24) is 15.5 Å². The SMILES string of the molecule is CCCC(NCc1nnc(-c2ccco2)o1)C(=O)O. The number of hydrogen-bond donors (Lipinski definition) is 2. The third-order valence-corrected chi connectivity index (χ3v) is 2.57. The Morgan fingerprint density at radius 2 is 2.37 bits per heavy atom. The van der Waals surface area contributed by atoms with Crippen LogP contribution in [0.5, 0.6) is 0 Å². The Morgan fingerprint density at radius 3 is 3.00 bits per heavy atom. The van der Waals surface area contributed by atoms with Crippen molar-refractivity contribution in [2.24, 2.45) is 0 Å². The summed E-state index contributed by atoms with van der Waals surface area (Å²) in [7, 11) is 0. The Kier molecular flexibility index (Phi) is 4.30. The van der Waals surface area contributed by atoms with Gasteiger partial charge in [-0.1, -0.05) is 13.3 Å². The van der Waals surface area contributed by atoms with Gasteiger partial charge in [-0.15, -0.1) is 10.2 Å². The number of carboxylic acids is 1. The summed E-state index contributed by atoms with van der Waals surface area (Å²) in [6, 6.07) is 2.82. The molecule has 0 bridgehead atoms. The van der Waals surface area contributed by atoms with Gasteiger partial charge in [0.1, 0.15) is 6.04 Å². The van der Waals surface area contributed by atoms with E-state index in [0.717, 1.165) is 6.42 Å². The van der Waals surface area contributed by atoms with Gasteiger partial charge in [0.05, 0.1) is 12.8 Å². The number of carbonyl (C=O) groups is 1. The minimum atomic E-state index is -0.882. The zero-order valence-electron chi connectivity index (χ0n) is 10.5. The predicted molar refractivity (Wildman–Crippen MR) is 65.2 cm³/mol. The standard InChI is InChI=1S/C12H15N3O4/c1-2-4-8(12(16)17)13-7-10-14-15-11(19-10)9-5-3-6-18-9/h3,5-6,8,13H,2,4,7H2,1H3,(H,16,17). The summed E-state index contributed by atoms with van der Waals surface area (Å²) in [6.07, 6.45) is 2.85. The molecule has 2 aromatic rings. The molecule has 0 aromatic carbocycles. The van der Waals surface area contributed by atoms with Crippen LogP contribution in [0, 0.1) is 0 Å². The van der Waals surface area contributed by atoms with Gasteiger partial charge in [-0.05, 0) is 18.6 Å². The fourth-order valence-electron chi connectivity index (χ4n) is 1.64. The van der Waals surface area contributed by atoms with E-state index in [1.807, 2.05) is 6.92 Å². The van der Waals surface area contributed by atoms with Crippen molar-refractivity contribution in [3.05, 3.63) is 24.3 Å². The van der Waals surface area contributed by atoms with Gasteiger partial charge in [0.2, 0.25) is 5.89 Å². The average Bonchev–Trinajstić information content (AvgIpc) is 3.04. The van der Waals surface area contributed by atoms with Crippen LogP contribution in [-0.4, -0.2) is 27.3 Å². The number of aliphatic carboxylic acids is 1. The quantitative estimate of drug-likeness (QED) is 0.785. The first kappa shape index (κ1) is 13.3. The predicted octanol–water partition coefficient (Wildman–Crippen LogP) is 1.67. The number of carboxylic acid groups (broad SMARTS) is 1. The molecule has 0 amide bonds. The van der Waals surface area contributed by atoms with Gasteiger partial charge in [0.25, 0.3) is 5.89 Å². The molecule has 2 N–H and O–H groups in total. The maximum atomic E-state index is 11.0. The summed E-state index contributed by atoms with van der Waals surface area (Å²) in [5, 5.41) is 19.5. The molecule has 7 nitrogen and oxygen atoms in total. The molecule has 0 spiro atoms. The van der Waals surface area contributed by atoms with Crippen LogP contribution in [0.2, 0.25) is 0 Å². The van der Waals surface area contributed by atoms with Crippen molar-refractivity contribution in [1.29, 1.82) is 0 Å². The summed E-state index contributed by atoms with van der Waals surface area (Å²) >= 11 is 0. The van der Waals surface area contributed by atoms with Crippen molar-refractivity contribution in [3.63, 3.8) is 0 Å². The number of aromatic nitrogens is 2. The lowest BCUT2D eigenvalue weighted by atomic mass is 10.2. The van der Waals surface area contributed by atoms with Crippen molar-refractivity contribution in [3.8, 4) is 11.7 Å². The van der Waals surface area contributed by atoms with Crippen LogP contribution in [-0.2, 0) is 11.3 Å². The van der Waals surface area contributed by atoms with E-state index < -0.39 is 12.0 Å². The molecule has 2 heterocycles. The minimum absolute atomic E-state index is 0.213. The van der Waals surface area contributed by atoms with Crippen LogP contribution in [0.1, 0.15) is 25.7 Å². The van der Waals surface area contributed by atoms with Crippen LogP contribution in [0.25, 0.3) is 11.7 Å².